The summed E-state index contributed by atoms with van der Waals surface area (Å²) in [5, 5.41) is 0. The number of benzene rings is 2. The van der Waals surface area contributed by atoms with Gasteiger partial charge in [0, 0.05) is 38.8 Å². The molecule has 1 saturated heterocycles. The molecule has 2 aliphatic rings. The number of ether oxygens (including phenoxy) is 4. The van der Waals surface area contributed by atoms with Crippen LogP contribution in [0, 0.1) is 0 Å². The Labute approximate surface area is 199 Å². The van der Waals surface area contributed by atoms with Crippen molar-refractivity contribution >= 4 is 21.6 Å². The summed E-state index contributed by atoms with van der Waals surface area (Å²) in [5.74, 6) is 2.04. The smallest absolute Gasteiger partial charge is 0.243 e. The lowest BCUT2D eigenvalue weighted by molar-refractivity contribution is -0.131. The van der Waals surface area contributed by atoms with Crippen LogP contribution in [0.2, 0.25) is 0 Å². The van der Waals surface area contributed by atoms with E-state index in [4.69, 9.17) is 18.9 Å². The molecule has 184 valence electrons. The predicted molar refractivity (Wildman–Crippen MR) is 126 cm³/mol. The van der Waals surface area contributed by atoms with Crippen LogP contribution in [0.1, 0.15) is 5.56 Å². The number of methoxy groups -OCH3 is 2. The van der Waals surface area contributed by atoms with E-state index in [9.17, 15) is 13.2 Å². The molecular weight excluding hydrogens is 462 g/mol. The lowest BCUT2D eigenvalue weighted by Gasteiger charge is -2.36. The van der Waals surface area contributed by atoms with Gasteiger partial charge in [-0.2, -0.15) is 0 Å². The van der Waals surface area contributed by atoms with Crippen molar-refractivity contribution in [1.29, 1.82) is 0 Å². The molecule has 2 aliphatic heterocycles. The van der Waals surface area contributed by atoms with Gasteiger partial charge in [0.15, 0.2) is 11.5 Å². The summed E-state index contributed by atoms with van der Waals surface area (Å²) in [6.45, 7) is 3.04. The average Bonchev–Trinajstić information content (AvgIpc) is 3.29. The number of hydrogen-bond acceptors (Lipinski definition) is 8. The Bertz CT molecular complexity index is 1150. The second kappa shape index (κ2) is 9.98. The van der Waals surface area contributed by atoms with Crippen molar-refractivity contribution in [3.05, 3.63) is 42.0 Å². The van der Waals surface area contributed by atoms with Gasteiger partial charge >= 0.3 is 0 Å². The molecule has 0 bridgehead atoms. The highest BCUT2D eigenvalue weighted by Crippen LogP contribution is 2.34. The first kappa shape index (κ1) is 24.0. The van der Waals surface area contributed by atoms with Crippen molar-refractivity contribution in [1.82, 2.24) is 9.80 Å². The second-order valence-electron chi connectivity index (χ2n) is 8.15. The minimum atomic E-state index is -3.75. The number of piperazine rings is 1. The quantitative estimate of drug-likeness (QED) is 0.549. The molecule has 0 aromatic heterocycles. The van der Waals surface area contributed by atoms with E-state index >= 15 is 0 Å². The first-order chi connectivity index (χ1) is 16.3. The number of carbonyl (C=O) groups excluding carboxylic acids is 1. The molecular formula is C23H29N3O7S. The molecule has 0 N–H and O–H groups in total. The van der Waals surface area contributed by atoms with Gasteiger partial charge in [0.25, 0.3) is 0 Å². The SMILES string of the molecule is COc1ccc(OC)c(N(CC(=O)N2CCN(Cc3ccc4c(c3)OCO4)CC2)S(C)(=O)=O)c1. The Balaban J connectivity index is 1.40. The van der Waals surface area contributed by atoms with Gasteiger partial charge in [-0.25, -0.2) is 8.42 Å². The number of fused-ring (bicyclic) bond motifs is 1. The van der Waals surface area contributed by atoms with Crippen molar-refractivity contribution in [3.63, 3.8) is 0 Å². The number of rotatable bonds is 8. The number of hydrogen-bond donors (Lipinski definition) is 0. The first-order valence-electron chi connectivity index (χ1n) is 10.9. The summed E-state index contributed by atoms with van der Waals surface area (Å²) < 4.78 is 47.6. The van der Waals surface area contributed by atoms with Crippen LogP contribution in [0.5, 0.6) is 23.0 Å². The molecule has 0 aliphatic carbocycles. The Kier molecular flexibility index (Phi) is 7.03. The predicted octanol–water partition coefficient (Wildman–Crippen LogP) is 1.54. The Hall–Kier alpha value is -3.18. The topological polar surface area (TPSA) is 97.8 Å². The Morgan fingerprint density at radius 1 is 1.00 bits per heavy atom. The summed E-state index contributed by atoms with van der Waals surface area (Å²) >= 11 is 0. The molecule has 2 aromatic rings. The van der Waals surface area contributed by atoms with Gasteiger partial charge in [-0.15, -0.1) is 0 Å². The van der Waals surface area contributed by atoms with Gasteiger partial charge in [-0.05, 0) is 29.8 Å². The number of amides is 1. The fourth-order valence-electron chi connectivity index (χ4n) is 4.05. The monoisotopic (exact) mass is 491 g/mol. The van der Waals surface area contributed by atoms with E-state index in [2.05, 4.69) is 4.90 Å². The maximum atomic E-state index is 13.1. The number of anilines is 1. The molecule has 0 spiro atoms. The molecule has 0 atom stereocenters. The summed E-state index contributed by atoms with van der Waals surface area (Å²) in [6.07, 6.45) is 1.07. The van der Waals surface area contributed by atoms with E-state index in [0.29, 0.717) is 37.7 Å². The zero-order chi connectivity index (χ0) is 24.3. The molecule has 1 fully saturated rings. The van der Waals surface area contributed by atoms with Crippen molar-refractivity contribution in [3.8, 4) is 23.0 Å². The second-order valence-corrected chi connectivity index (χ2v) is 10.1. The van der Waals surface area contributed by atoms with Gasteiger partial charge in [0.1, 0.15) is 18.0 Å². The lowest BCUT2D eigenvalue weighted by Crippen LogP contribution is -2.51. The van der Waals surface area contributed by atoms with Crippen LogP contribution in [-0.4, -0.2) is 84.1 Å². The summed E-state index contributed by atoms with van der Waals surface area (Å²) in [6, 6.07) is 10.7. The van der Waals surface area contributed by atoms with Crippen LogP contribution in [0.3, 0.4) is 0 Å². The summed E-state index contributed by atoms with van der Waals surface area (Å²) in [4.78, 5) is 17.0. The largest absolute Gasteiger partial charge is 0.497 e. The maximum Gasteiger partial charge on any atom is 0.243 e. The van der Waals surface area contributed by atoms with Crippen LogP contribution in [0.25, 0.3) is 0 Å². The fourth-order valence-corrected chi connectivity index (χ4v) is 4.89. The average molecular weight is 492 g/mol. The van der Waals surface area contributed by atoms with E-state index in [1.807, 2.05) is 18.2 Å². The molecule has 4 rings (SSSR count). The molecule has 1 amide bonds. The van der Waals surface area contributed by atoms with Crippen LogP contribution in [0.15, 0.2) is 36.4 Å². The Morgan fingerprint density at radius 2 is 1.74 bits per heavy atom. The van der Waals surface area contributed by atoms with Gasteiger partial charge < -0.3 is 23.8 Å². The highest BCUT2D eigenvalue weighted by atomic mass is 32.2. The third-order valence-electron chi connectivity index (χ3n) is 5.90. The minimum Gasteiger partial charge on any atom is -0.497 e. The third-order valence-corrected chi connectivity index (χ3v) is 7.03. The van der Waals surface area contributed by atoms with Crippen molar-refractivity contribution in [2.45, 2.75) is 6.54 Å². The highest BCUT2D eigenvalue weighted by molar-refractivity contribution is 7.92. The maximum absolute atomic E-state index is 13.1. The lowest BCUT2D eigenvalue weighted by atomic mass is 10.1. The van der Waals surface area contributed by atoms with Gasteiger partial charge in [0.05, 0.1) is 26.2 Å². The molecule has 0 saturated carbocycles. The molecule has 2 aromatic carbocycles. The molecule has 2 heterocycles. The molecule has 0 unspecified atom stereocenters. The fraction of sp³-hybridized carbons (Fsp3) is 0.435. The summed E-state index contributed by atoms with van der Waals surface area (Å²) in [7, 11) is -0.806. The number of nitrogens with zero attached hydrogens (tertiary/aromatic N) is 3. The summed E-state index contributed by atoms with van der Waals surface area (Å²) in [5.41, 5.74) is 1.37. The van der Waals surface area contributed by atoms with Crippen molar-refractivity contribution in [2.24, 2.45) is 0 Å². The van der Waals surface area contributed by atoms with E-state index in [1.54, 1.807) is 23.1 Å². The van der Waals surface area contributed by atoms with E-state index in [-0.39, 0.29) is 24.9 Å². The molecule has 34 heavy (non-hydrogen) atoms. The van der Waals surface area contributed by atoms with Gasteiger partial charge in [-0.3, -0.25) is 14.0 Å². The van der Waals surface area contributed by atoms with Crippen LogP contribution in [0.4, 0.5) is 5.69 Å². The van der Waals surface area contributed by atoms with Crippen molar-refractivity contribution < 1.29 is 32.2 Å². The van der Waals surface area contributed by atoms with E-state index < -0.39 is 10.0 Å². The molecule has 10 nitrogen and oxygen atoms in total. The Morgan fingerprint density at radius 3 is 2.41 bits per heavy atom. The van der Waals surface area contributed by atoms with Crippen molar-refractivity contribution in [2.75, 3.05) is 64.3 Å². The zero-order valence-electron chi connectivity index (χ0n) is 19.5. The molecule has 11 heteroatoms. The standard InChI is InChI=1S/C23H29N3O7S/c1-30-18-5-7-20(31-2)19(13-18)26(34(3,28)29)15-23(27)25-10-8-24(9-11-25)14-17-4-6-21-22(12-17)33-16-32-21/h4-7,12-13H,8-11,14-16H2,1-3H3. The minimum absolute atomic E-state index is 0.242. The highest BCUT2D eigenvalue weighted by Gasteiger charge is 2.29. The van der Waals surface area contributed by atoms with Gasteiger partial charge in [-0.1, -0.05) is 6.07 Å². The number of carbonyl (C=O) groups is 1. The third kappa shape index (κ3) is 5.31. The van der Waals surface area contributed by atoms with Crippen LogP contribution in [-0.2, 0) is 21.4 Å². The van der Waals surface area contributed by atoms with Gasteiger partial charge in [0.2, 0.25) is 22.7 Å². The van der Waals surface area contributed by atoms with E-state index in [0.717, 1.165) is 34.2 Å². The van der Waals surface area contributed by atoms with Crippen LogP contribution >= 0.6 is 0 Å². The zero-order valence-corrected chi connectivity index (χ0v) is 20.3. The molecule has 0 radical (unpaired) electrons. The first-order valence-corrected chi connectivity index (χ1v) is 12.7. The normalized spacial score (nSPS) is 15.8. The number of sulfonamides is 1. The van der Waals surface area contributed by atoms with E-state index in [1.165, 1.54) is 14.2 Å². The van der Waals surface area contributed by atoms with Crippen LogP contribution < -0.4 is 23.3 Å².